The van der Waals surface area contributed by atoms with Crippen molar-refractivity contribution in [3.05, 3.63) is 76.8 Å². The van der Waals surface area contributed by atoms with Crippen LogP contribution in [-0.4, -0.2) is 190 Å². The number of methoxy groups -OCH3 is 2. The Bertz CT molecular complexity index is 1940. The number of benzene rings is 1. The molecule has 4 heterocycles. The standard InChI is InChI=1S/C42H54O24/c1-57-37(55)25-17-61-40(66-42-36(54)34(52)32(50)28(15-45)64-42)23(21(25)7-8-29(47)60-16-19-3-5-20(46)6-4-19)10-12-59-30(48)13-24-22(9-11-43)39(62-18-26(24)38(56)58-2)65-41-35(53)33(51)31(49)27(14-44)63-41/h3-6,9-10,17-18,21,24,27-28,31-36,39-46,49-54H,7-8,11-16H2,1-2H3/t21-,24+,27-,28+,31-,32+,33-,34+,35-,36+,39+,40+,41+,42-/m1/s1. The summed E-state index contributed by atoms with van der Waals surface area (Å²) in [5.41, 5.74) is 0.0774. The zero-order valence-electron chi connectivity index (χ0n) is 35.5. The lowest BCUT2D eigenvalue weighted by atomic mass is 9.85. The van der Waals surface area contributed by atoms with Gasteiger partial charge in [-0.1, -0.05) is 18.2 Å². The Kier molecular flexibility index (Phi) is 19.0. The molecule has 2 fully saturated rings. The van der Waals surface area contributed by atoms with Crippen molar-refractivity contribution in [2.45, 2.75) is 99.9 Å². The van der Waals surface area contributed by atoms with Crippen LogP contribution >= 0.6 is 0 Å². The molecule has 24 nitrogen and oxygen atoms in total. The number of hydrogen-bond acceptors (Lipinski definition) is 24. The van der Waals surface area contributed by atoms with Gasteiger partial charge in [-0.25, -0.2) is 9.59 Å². The van der Waals surface area contributed by atoms with E-state index in [4.69, 9.17) is 47.4 Å². The van der Waals surface area contributed by atoms with Crippen molar-refractivity contribution in [3.63, 3.8) is 0 Å². The van der Waals surface area contributed by atoms with E-state index >= 15 is 0 Å². The van der Waals surface area contributed by atoms with Crippen molar-refractivity contribution in [2.24, 2.45) is 11.8 Å². The number of aromatic hydroxyl groups is 1. The lowest BCUT2D eigenvalue weighted by Crippen LogP contribution is -2.60. The molecule has 10 N–H and O–H groups in total. The van der Waals surface area contributed by atoms with Gasteiger partial charge in [0.05, 0.1) is 64.1 Å². The maximum atomic E-state index is 13.7. The number of phenols is 1. The van der Waals surface area contributed by atoms with Crippen LogP contribution in [0.25, 0.3) is 0 Å². The molecule has 1 aromatic rings. The topological polar surface area (TPSA) is 363 Å². The molecular formula is C42H54O24. The summed E-state index contributed by atoms with van der Waals surface area (Å²) in [5.74, 6) is -6.03. The van der Waals surface area contributed by atoms with E-state index in [0.29, 0.717) is 5.56 Å². The molecule has 1 aromatic carbocycles. The first-order chi connectivity index (χ1) is 31.6. The SMILES string of the molecule is COC(=O)C1=CO[C@@H](O[C@@H]2O[C@H](CO)[C@@H](O)[C@@H](O)[C@H]2O)C(=CCO)[C@@H]1CC(=O)OCC=C1[C@H](O[C@H]2O[C@@H](CO)[C@H](O)[C@H](O)[C@@H]2O)OC=C(C(=O)OC)[C@@H]1CCC(=O)OCc1ccc(O)cc1. The van der Waals surface area contributed by atoms with Crippen LogP contribution in [-0.2, 0) is 73.2 Å². The van der Waals surface area contributed by atoms with Gasteiger partial charge in [0.15, 0.2) is 12.6 Å². The first kappa shape index (κ1) is 51.9. The number of carbonyl (C=O) groups excluding carboxylic acids is 4. The van der Waals surface area contributed by atoms with E-state index in [1.165, 1.54) is 30.3 Å². The zero-order valence-corrected chi connectivity index (χ0v) is 35.5. The number of phenolic OH excluding ortho intramolecular Hbond substituents is 1. The summed E-state index contributed by atoms with van der Waals surface area (Å²) < 4.78 is 54.6. The van der Waals surface area contributed by atoms with E-state index in [-0.39, 0.29) is 47.5 Å². The molecule has 5 rings (SSSR count). The van der Waals surface area contributed by atoms with E-state index in [9.17, 15) is 70.2 Å². The van der Waals surface area contributed by atoms with Gasteiger partial charge in [-0.2, -0.15) is 0 Å². The highest BCUT2D eigenvalue weighted by atomic mass is 16.8. The van der Waals surface area contributed by atoms with E-state index in [0.717, 1.165) is 32.8 Å². The van der Waals surface area contributed by atoms with Crippen LogP contribution < -0.4 is 0 Å². The zero-order chi connectivity index (χ0) is 48.2. The number of aliphatic hydroxyl groups is 9. The number of hydrogen-bond donors (Lipinski definition) is 10. The van der Waals surface area contributed by atoms with Gasteiger partial charge in [0.25, 0.3) is 0 Å². The van der Waals surface area contributed by atoms with E-state index in [2.05, 4.69) is 0 Å². The van der Waals surface area contributed by atoms with Crippen LogP contribution in [0.4, 0.5) is 0 Å². The van der Waals surface area contributed by atoms with Gasteiger partial charge in [0, 0.05) is 29.4 Å². The first-order valence-electron chi connectivity index (χ1n) is 20.5. The van der Waals surface area contributed by atoms with Crippen molar-refractivity contribution in [1.29, 1.82) is 0 Å². The van der Waals surface area contributed by atoms with Crippen molar-refractivity contribution in [1.82, 2.24) is 0 Å². The van der Waals surface area contributed by atoms with Gasteiger partial charge in [0.1, 0.15) is 67.8 Å². The molecule has 24 heteroatoms. The molecule has 2 saturated heterocycles. The summed E-state index contributed by atoms with van der Waals surface area (Å²) in [6, 6.07) is 5.88. The van der Waals surface area contributed by atoms with Crippen molar-refractivity contribution in [2.75, 3.05) is 40.6 Å². The van der Waals surface area contributed by atoms with Crippen LogP contribution in [0.1, 0.15) is 24.8 Å². The Morgan fingerprint density at radius 2 is 1.14 bits per heavy atom. The fraction of sp³-hybridized carbons (Fsp3) is 0.571. The van der Waals surface area contributed by atoms with Crippen LogP contribution in [0.15, 0.2) is 71.2 Å². The average molecular weight is 943 g/mol. The number of aliphatic hydroxyl groups excluding tert-OH is 9. The third-order valence-electron chi connectivity index (χ3n) is 11.0. The van der Waals surface area contributed by atoms with Crippen molar-refractivity contribution >= 4 is 23.9 Å². The maximum Gasteiger partial charge on any atom is 0.337 e. The smallest absolute Gasteiger partial charge is 0.337 e. The number of ether oxygens (including phenoxy) is 10. The molecule has 0 amide bonds. The summed E-state index contributed by atoms with van der Waals surface area (Å²) in [6.07, 6.45) is -17.4. The molecule has 0 spiro atoms. The normalized spacial score (nSPS) is 33.4. The van der Waals surface area contributed by atoms with Crippen LogP contribution in [0.5, 0.6) is 5.75 Å². The molecule has 0 aliphatic carbocycles. The molecule has 0 radical (unpaired) electrons. The summed E-state index contributed by atoms with van der Waals surface area (Å²) in [4.78, 5) is 52.7. The minimum Gasteiger partial charge on any atom is -0.508 e. The van der Waals surface area contributed by atoms with Gasteiger partial charge in [-0.3, -0.25) is 9.59 Å². The van der Waals surface area contributed by atoms with Gasteiger partial charge in [0.2, 0.25) is 12.6 Å². The molecule has 14 atom stereocenters. The Morgan fingerprint density at radius 3 is 1.62 bits per heavy atom. The lowest BCUT2D eigenvalue weighted by Gasteiger charge is -2.42. The van der Waals surface area contributed by atoms with Crippen molar-refractivity contribution < 1.29 is 118 Å². The molecular weight excluding hydrogens is 888 g/mol. The van der Waals surface area contributed by atoms with Crippen LogP contribution in [0.3, 0.4) is 0 Å². The predicted octanol–water partition coefficient (Wildman–Crippen LogP) is -3.31. The van der Waals surface area contributed by atoms with Crippen molar-refractivity contribution in [3.8, 4) is 5.75 Å². The molecule has 4 aliphatic rings. The third kappa shape index (κ3) is 12.5. The maximum absolute atomic E-state index is 13.7. The number of rotatable bonds is 18. The fourth-order valence-corrected chi connectivity index (χ4v) is 7.40. The van der Waals surface area contributed by atoms with Gasteiger partial charge >= 0.3 is 23.9 Å². The predicted molar refractivity (Wildman–Crippen MR) is 213 cm³/mol. The van der Waals surface area contributed by atoms with Gasteiger partial charge in [-0.05, 0) is 30.2 Å². The molecule has 366 valence electrons. The molecule has 0 aromatic heterocycles. The summed E-state index contributed by atoms with van der Waals surface area (Å²) in [6.45, 7) is -3.07. The summed E-state index contributed by atoms with van der Waals surface area (Å²) in [7, 11) is 2.13. The minimum atomic E-state index is -1.91. The fourth-order valence-electron chi connectivity index (χ4n) is 7.40. The largest absolute Gasteiger partial charge is 0.508 e. The molecule has 0 saturated carbocycles. The average Bonchev–Trinajstić information content (AvgIpc) is 3.31. The monoisotopic (exact) mass is 942 g/mol. The van der Waals surface area contributed by atoms with Gasteiger partial charge in [-0.15, -0.1) is 0 Å². The third-order valence-corrected chi connectivity index (χ3v) is 11.0. The molecule has 0 unspecified atom stereocenters. The quantitative estimate of drug-likeness (QED) is 0.0391. The second-order valence-electron chi connectivity index (χ2n) is 15.2. The molecule has 4 aliphatic heterocycles. The second-order valence-corrected chi connectivity index (χ2v) is 15.2. The highest BCUT2D eigenvalue weighted by molar-refractivity contribution is 5.91. The van der Waals surface area contributed by atoms with E-state index in [1.807, 2.05) is 0 Å². The van der Waals surface area contributed by atoms with Gasteiger partial charge < -0.3 is 98.4 Å². The Morgan fingerprint density at radius 1 is 0.636 bits per heavy atom. The second kappa shape index (κ2) is 24.1. The Hall–Kier alpha value is -5.06. The molecule has 66 heavy (non-hydrogen) atoms. The summed E-state index contributed by atoms with van der Waals surface area (Å²) >= 11 is 0. The van der Waals surface area contributed by atoms with Crippen LogP contribution in [0.2, 0.25) is 0 Å². The number of esters is 4. The Labute approximate surface area is 376 Å². The first-order valence-corrected chi connectivity index (χ1v) is 20.5. The minimum absolute atomic E-state index is 0.000210. The Balaban J connectivity index is 1.40. The van der Waals surface area contributed by atoms with E-state index < -0.39 is 143 Å². The highest BCUT2D eigenvalue weighted by Crippen LogP contribution is 2.39. The van der Waals surface area contributed by atoms with E-state index in [1.54, 1.807) is 0 Å². The highest BCUT2D eigenvalue weighted by Gasteiger charge is 2.49. The number of carbonyl (C=O) groups is 4. The molecule has 0 bridgehead atoms. The van der Waals surface area contributed by atoms with Crippen LogP contribution in [0, 0.1) is 11.8 Å². The summed E-state index contributed by atoms with van der Waals surface area (Å²) in [5, 5.41) is 101. The lowest BCUT2D eigenvalue weighted by molar-refractivity contribution is -0.328.